The van der Waals surface area contributed by atoms with E-state index in [1.54, 1.807) is 17.7 Å². The lowest BCUT2D eigenvalue weighted by Gasteiger charge is -1.98. The molecule has 0 amide bonds. The molecule has 0 saturated heterocycles. The standard InChI is InChI=1S/C8H8BrN3S/c1-2-12-5-10-11-8(12)6-3-7(9)13-4-6/h3-5H,2H2,1H3. The third kappa shape index (κ3) is 1.66. The molecule has 0 fully saturated rings. The summed E-state index contributed by atoms with van der Waals surface area (Å²) in [5.41, 5.74) is 1.12. The minimum atomic E-state index is 0.899. The molecule has 2 heterocycles. The molecule has 3 nitrogen and oxygen atoms in total. The van der Waals surface area contributed by atoms with Crippen LogP contribution in [0.5, 0.6) is 0 Å². The fraction of sp³-hybridized carbons (Fsp3) is 0.250. The number of aryl methyl sites for hydroxylation is 1. The zero-order valence-electron chi connectivity index (χ0n) is 7.07. The molecule has 2 rings (SSSR count). The Hall–Kier alpha value is -0.680. The second kappa shape index (κ2) is 3.59. The molecular formula is C8H8BrN3S. The van der Waals surface area contributed by atoms with Gasteiger partial charge in [0.25, 0.3) is 0 Å². The summed E-state index contributed by atoms with van der Waals surface area (Å²) >= 11 is 5.08. The fourth-order valence-corrected chi connectivity index (χ4v) is 2.27. The number of nitrogens with zero attached hydrogens (tertiary/aromatic N) is 3. The van der Waals surface area contributed by atoms with Crippen LogP contribution in [0.4, 0.5) is 0 Å². The average molecular weight is 258 g/mol. The minimum absolute atomic E-state index is 0.899. The topological polar surface area (TPSA) is 30.7 Å². The van der Waals surface area contributed by atoms with E-state index in [-0.39, 0.29) is 0 Å². The summed E-state index contributed by atoms with van der Waals surface area (Å²) in [5, 5.41) is 10.0. The number of halogens is 1. The number of rotatable bonds is 2. The van der Waals surface area contributed by atoms with Crippen molar-refractivity contribution in [3.05, 3.63) is 21.6 Å². The van der Waals surface area contributed by atoms with Gasteiger partial charge in [-0.15, -0.1) is 21.5 Å². The molecule has 0 bridgehead atoms. The SMILES string of the molecule is CCn1cnnc1-c1csc(Br)c1. The normalized spacial score (nSPS) is 10.6. The number of thiophene rings is 1. The van der Waals surface area contributed by atoms with Gasteiger partial charge >= 0.3 is 0 Å². The summed E-state index contributed by atoms with van der Waals surface area (Å²) in [7, 11) is 0. The van der Waals surface area contributed by atoms with Crippen molar-refractivity contribution in [3.8, 4) is 11.4 Å². The van der Waals surface area contributed by atoms with Crippen molar-refractivity contribution < 1.29 is 0 Å². The molecule has 5 heteroatoms. The average Bonchev–Trinajstić information content (AvgIpc) is 2.71. The molecule has 68 valence electrons. The third-order valence-corrected chi connectivity index (χ3v) is 3.29. The van der Waals surface area contributed by atoms with Crippen molar-refractivity contribution in [2.45, 2.75) is 13.5 Å². The molecule has 0 aliphatic rings. The van der Waals surface area contributed by atoms with Gasteiger partial charge in [0.05, 0.1) is 3.79 Å². The first-order valence-corrected chi connectivity index (χ1v) is 5.60. The van der Waals surface area contributed by atoms with Crippen LogP contribution in [0.2, 0.25) is 0 Å². The first-order chi connectivity index (χ1) is 6.31. The van der Waals surface area contributed by atoms with E-state index in [1.807, 2.05) is 4.57 Å². The second-order valence-corrected chi connectivity index (χ2v) is 4.87. The summed E-state index contributed by atoms with van der Waals surface area (Å²) in [4.78, 5) is 0. The summed E-state index contributed by atoms with van der Waals surface area (Å²) < 4.78 is 3.14. The summed E-state index contributed by atoms with van der Waals surface area (Å²) in [6.45, 7) is 2.98. The molecule has 0 atom stereocenters. The van der Waals surface area contributed by atoms with E-state index in [2.05, 4.69) is 44.5 Å². The van der Waals surface area contributed by atoms with Gasteiger partial charge in [-0.05, 0) is 28.9 Å². The van der Waals surface area contributed by atoms with Crippen LogP contribution in [0.25, 0.3) is 11.4 Å². The van der Waals surface area contributed by atoms with Crippen LogP contribution in [0.15, 0.2) is 21.6 Å². The highest BCUT2D eigenvalue weighted by atomic mass is 79.9. The van der Waals surface area contributed by atoms with Crippen molar-refractivity contribution in [1.29, 1.82) is 0 Å². The number of hydrogen-bond acceptors (Lipinski definition) is 3. The van der Waals surface area contributed by atoms with Crippen LogP contribution in [0.1, 0.15) is 6.92 Å². The van der Waals surface area contributed by atoms with E-state index in [0.29, 0.717) is 0 Å². The maximum absolute atomic E-state index is 4.07. The minimum Gasteiger partial charge on any atom is -0.314 e. The zero-order valence-corrected chi connectivity index (χ0v) is 9.47. The Balaban J connectivity index is 2.45. The smallest absolute Gasteiger partial charge is 0.164 e. The van der Waals surface area contributed by atoms with Crippen LogP contribution in [-0.2, 0) is 6.54 Å². The highest BCUT2D eigenvalue weighted by molar-refractivity contribution is 9.11. The molecular weight excluding hydrogens is 250 g/mol. The molecule has 0 aliphatic carbocycles. The maximum atomic E-state index is 4.07. The quantitative estimate of drug-likeness (QED) is 0.829. The lowest BCUT2D eigenvalue weighted by atomic mass is 10.3. The Morgan fingerprint density at radius 1 is 1.62 bits per heavy atom. The number of hydrogen-bond donors (Lipinski definition) is 0. The van der Waals surface area contributed by atoms with Crippen molar-refractivity contribution in [3.63, 3.8) is 0 Å². The molecule has 0 aliphatic heterocycles. The second-order valence-electron chi connectivity index (χ2n) is 2.58. The monoisotopic (exact) mass is 257 g/mol. The molecule has 2 aromatic rings. The molecule has 13 heavy (non-hydrogen) atoms. The number of aromatic nitrogens is 3. The fourth-order valence-electron chi connectivity index (χ4n) is 1.14. The van der Waals surface area contributed by atoms with E-state index >= 15 is 0 Å². The van der Waals surface area contributed by atoms with Crippen molar-refractivity contribution in [2.24, 2.45) is 0 Å². The first-order valence-electron chi connectivity index (χ1n) is 3.93. The van der Waals surface area contributed by atoms with Crippen LogP contribution in [-0.4, -0.2) is 14.8 Å². The highest BCUT2D eigenvalue weighted by Gasteiger charge is 2.07. The largest absolute Gasteiger partial charge is 0.314 e. The van der Waals surface area contributed by atoms with Gasteiger partial charge in [0.2, 0.25) is 0 Å². The van der Waals surface area contributed by atoms with Gasteiger partial charge in [-0.1, -0.05) is 0 Å². The summed E-state index contributed by atoms with van der Waals surface area (Å²) in [6.07, 6.45) is 1.75. The Labute approximate surface area is 88.6 Å². The van der Waals surface area contributed by atoms with Gasteiger partial charge in [-0.2, -0.15) is 0 Å². The van der Waals surface area contributed by atoms with Gasteiger partial charge in [0.15, 0.2) is 5.82 Å². The molecule has 0 spiro atoms. The van der Waals surface area contributed by atoms with E-state index < -0.39 is 0 Å². The molecule has 2 aromatic heterocycles. The summed E-state index contributed by atoms with van der Waals surface area (Å²) in [5.74, 6) is 0.935. The third-order valence-electron chi connectivity index (χ3n) is 1.78. The van der Waals surface area contributed by atoms with Crippen LogP contribution < -0.4 is 0 Å². The molecule has 0 unspecified atom stereocenters. The highest BCUT2D eigenvalue weighted by Crippen LogP contribution is 2.27. The zero-order chi connectivity index (χ0) is 9.26. The van der Waals surface area contributed by atoms with E-state index in [1.165, 1.54) is 0 Å². The lowest BCUT2D eigenvalue weighted by Crippen LogP contribution is -1.94. The van der Waals surface area contributed by atoms with Gasteiger partial charge in [0, 0.05) is 17.5 Å². The van der Waals surface area contributed by atoms with E-state index in [4.69, 9.17) is 0 Å². The molecule has 0 aromatic carbocycles. The van der Waals surface area contributed by atoms with Crippen molar-refractivity contribution >= 4 is 27.3 Å². The van der Waals surface area contributed by atoms with Gasteiger partial charge < -0.3 is 4.57 Å². The predicted molar refractivity (Wildman–Crippen MR) is 56.7 cm³/mol. The van der Waals surface area contributed by atoms with Gasteiger partial charge in [0.1, 0.15) is 6.33 Å². The van der Waals surface area contributed by atoms with Gasteiger partial charge in [-0.3, -0.25) is 0 Å². The van der Waals surface area contributed by atoms with Gasteiger partial charge in [-0.25, -0.2) is 0 Å². The van der Waals surface area contributed by atoms with Crippen molar-refractivity contribution in [1.82, 2.24) is 14.8 Å². The maximum Gasteiger partial charge on any atom is 0.164 e. The summed E-state index contributed by atoms with van der Waals surface area (Å²) in [6, 6.07) is 2.06. The molecule has 0 N–H and O–H groups in total. The Morgan fingerprint density at radius 3 is 3.08 bits per heavy atom. The predicted octanol–water partition coefficient (Wildman–Crippen LogP) is 2.79. The first kappa shape index (κ1) is 8.90. The Bertz CT molecular complexity index is 407. The van der Waals surface area contributed by atoms with Crippen LogP contribution >= 0.6 is 27.3 Å². The van der Waals surface area contributed by atoms with Crippen LogP contribution in [0, 0.1) is 0 Å². The van der Waals surface area contributed by atoms with E-state index in [0.717, 1.165) is 21.7 Å². The molecule has 0 saturated carbocycles. The van der Waals surface area contributed by atoms with Crippen LogP contribution in [0.3, 0.4) is 0 Å². The Morgan fingerprint density at radius 2 is 2.46 bits per heavy atom. The molecule has 0 radical (unpaired) electrons. The van der Waals surface area contributed by atoms with Crippen molar-refractivity contribution in [2.75, 3.05) is 0 Å². The lowest BCUT2D eigenvalue weighted by molar-refractivity contribution is 0.767. The Kier molecular flexibility index (Phi) is 2.46. The van der Waals surface area contributed by atoms with E-state index in [9.17, 15) is 0 Å².